The van der Waals surface area contributed by atoms with E-state index >= 15 is 0 Å². The molecule has 2 atom stereocenters. The summed E-state index contributed by atoms with van der Waals surface area (Å²) in [5.74, 6) is -1.92. The maximum atomic E-state index is 12.3. The van der Waals surface area contributed by atoms with Crippen molar-refractivity contribution < 1.29 is 19.4 Å². The standard InChI is InChI=1S/C14H16INO4/c15-9-3-5-10(6-4-9)16-14(19)11(8-13(17)18)12-2-1-7-20-12/h3-6,11-12H,1-2,7-8H2,(H,16,19)(H,17,18)/t11-,12-/m0/s1. The second kappa shape index (κ2) is 7.03. The van der Waals surface area contributed by atoms with Crippen molar-refractivity contribution in [2.24, 2.45) is 5.92 Å². The first-order chi connectivity index (χ1) is 9.56. The number of carboxylic acids is 1. The first-order valence-corrected chi connectivity index (χ1v) is 7.54. The molecule has 1 aromatic carbocycles. The molecule has 2 rings (SSSR count). The Kier molecular flexibility index (Phi) is 5.36. The van der Waals surface area contributed by atoms with Gasteiger partial charge in [0, 0.05) is 15.9 Å². The molecule has 2 N–H and O–H groups in total. The molecular weight excluding hydrogens is 373 g/mol. The number of ether oxygens (including phenoxy) is 1. The van der Waals surface area contributed by atoms with Crippen LogP contribution in [0.25, 0.3) is 0 Å². The predicted octanol–water partition coefficient (Wildman–Crippen LogP) is 2.50. The molecule has 1 aromatic rings. The van der Waals surface area contributed by atoms with Crippen molar-refractivity contribution in [1.82, 2.24) is 0 Å². The lowest BCUT2D eigenvalue weighted by Crippen LogP contribution is -2.34. The minimum atomic E-state index is -0.983. The Morgan fingerprint density at radius 2 is 2.10 bits per heavy atom. The summed E-state index contributed by atoms with van der Waals surface area (Å²) in [5.41, 5.74) is 0.670. The van der Waals surface area contributed by atoms with Crippen LogP contribution in [0.15, 0.2) is 24.3 Å². The van der Waals surface area contributed by atoms with E-state index in [4.69, 9.17) is 9.84 Å². The van der Waals surface area contributed by atoms with Crippen LogP contribution < -0.4 is 5.32 Å². The van der Waals surface area contributed by atoms with Crippen LogP contribution >= 0.6 is 22.6 Å². The fourth-order valence-corrected chi connectivity index (χ4v) is 2.63. The number of halogens is 1. The molecule has 1 amide bonds. The summed E-state index contributed by atoms with van der Waals surface area (Å²) >= 11 is 2.18. The number of rotatable bonds is 5. The lowest BCUT2D eigenvalue weighted by Gasteiger charge is -2.20. The molecule has 0 saturated carbocycles. The quantitative estimate of drug-likeness (QED) is 0.759. The van der Waals surface area contributed by atoms with Gasteiger partial charge in [-0.1, -0.05) is 0 Å². The molecule has 0 spiro atoms. The maximum absolute atomic E-state index is 12.3. The number of nitrogens with one attached hydrogen (secondary N) is 1. The van der Waals surface area contributed by atoms with Crippen molar-refractivity contribution in [2.75, 3.05) is 11.9 Å². The van der Waals surface area contributed by atoms with Crippen molar-refractivity contribution in [3.63, 3.8) is 0 Å². The lowest BCUT2D eigenvalue weighted by molar-refractivity contribution is -0.142. The minimum absolute atomic E-state index is 0.207. The Hall–Kier alpha value is -1.15. The van der Waals surface area contributed by atoms with Crippen LogP contribution in [0.1, 0.15) is 19.3 Å². The van der Waals surface area contributed by atoms with Crippen LogP contribution in [0.2, 0.25) is 0 Å². The van der Waals surface area contributed by atoms with Crippen molar-refractivity contribution in [3.05, 3.63) is 27.8 Å². The summed E-state index contributed by atoms with van der Waals surface area (Å²) in [7, 11) is 0. The number of benzene rings is 1. The van der Waals surface area contributed by atoms with Gasteiger partial charge in [0.1, 0.15) is 0 Å². The fourth-order valence-electron chi connectivity index (χ4n) is 2.27. The van der Waals surface area contributed by atoms with E-state index in [0.29, 0.717) is 12.3 Å². The zero-order valence-corrected chi connectivity index (χ0v) is 13.0. The van der Waals surface area contributed by atoms with E-state index in [0.717, 1.165) is 16.4 Å². The van der Waals surface area contributed by atoms with Crippen LogP contribution in [-0.2, 0) is 14.3 Å². The normalized spacial score (nSPS) is 19.6. The lowest BCUT2D eigenvalue weighted by atomic mass is 9.95. The van der Waals surface area contributed by atoms with Gasteiger partial charge in [-0.05, 0) is 59.7 Å². The SMILES string of the molecule is O=C(O)C[C@H](C(=O)Nc1ccc(I)cc1)[C@@H]1CCCO1. The Morgan fingerprint density at radius 1 is 1.40 bits per heavy atom. The van der Waals surface area contributed by atoms with E-state index in [2.05, 4.69) is 27.9 Å². The molecule has 1 aliphatic heterocycles. The molecule has 6 heteroatoms. The Bertz CT molecular complexity index is 482. The van der Waals surface area contributed by atoms with Gasteiger partial charge in [-0.2, -0.15) is 0 Å². The van der Waals surface area contributed by atoms with Crippen LogP contribution in [0.5, 0.6) is 0 Å². The first kappa shape index (κ1) is 15.2. The number of hydrogen-bond acceptors (Lipinski definition) is 3. The molecular formula is C14H16INO4. The van der Waals surface area contributed by atoms with Crippen molar-refractivity contribution in [2.45, 2.75) is 25.4 Å². The largest absolute Gasteiger partial charge is 0.481 e. The van der Waals surface area contributed by atoms with Gasteiger partial charge in [-0.15, -0.1) is 0 Å². The molecule has 108 valence electrons. The number of carbonyl (C=O) groups excluding carboxylic acids is 1. The van der Waals surface area contributed by atoms with Crippen molar-refractivity contribution in [1.29, 1.82) is 0 Å². The molecule has 0 unspecified atom stereocenters. The van der Waals surface area contributed by atoms with Crippen molar-refractivity contribution in [3.8, 4) is 0 Å². The Balaban J connectivity index is 2.05. The van der Waals surface area contributed by atoms with Gasteiger partial charge in [0.25, 0.3) is 0 Å². The Labute approximate surface area is 130 Å². The molecule has 0 bridgehead atoms. The smallest absolute Gasteiger partial charge is 0.304 e. The van der Waals surface area contributed by atoms with E-state index in [1.165, 1.54) is 0 Å². The topological polar surface area (TPSA) is 75.6 Å². The number of amides is 1. The van der Waals surface area contributed by atoms with Crippen LogP contribution in [0.4, 0.5) is 5.69 Å². The zero-order valence-electron chi connectivity index (χ0n) is 10.8. The summed E-state index contributed by atoms with van der Waals surface area (Å²) < 4.78 is 6.54. The first-order valence-electron chi connectivity index (χ1n) is 6.46. The van der Waals surface area contributed by atoms with E-state index in [1.54, 1.807) is 12.1 Å². The van der Waals surface area contributed by atoms with Gasteiger partial charge < -0.3 is 15.2 Å². The summed E-state index contributed by atoms with van der Waals surface area (Å²) in [6, 6.07) is 7.36. The van der Waals surface area contributed by atoms with Crippen LogP contribution in [0, 0.1) is 9.49 Å². The van der Waals surface area contributed by atoms with Crippen LogP contribution in [0.3, 0.4) is 0 Å². The second-order valence-corrected chi connectivity index (χ2v) is 6.00. The van der Waals surface area contributed by atoms with Gasteiger partial charge in [0.15, 0.2) is 0 Å². The maximum Gasteiger partial charge on any atom is 0.304 e. The third-order valence-corrected chi connectivity index (χ3v) is 3.98. The molecule has 20 heavy (non-hydrogen) atoms. The molecule has 0 aliphatic carbocycles. The highest BCUT2D eigenvalue weighted by Gasteiger charge is 2.33. The summed E-state index contributed by atoms with van der Waals surface area (Å²) in [5, 5.41) is 11.7. The molecule has 0 radical (unpaired) electrons. The minimum Gasteiger partial charge on any atom is -0.481 e. The van der Waals surface area contributed by atoms with E-state index < -0.39 is 11.9 Å². The average Bonchev–Trinajstić information content (AvgIpc) is 2.92. The number of carbonyl (C=O) groups is 2. The third kappa shape index (κ3) is 4.17. The van der Waals surface area contributed by atoms with E-state index in [1.807, 2.05) is 12.1 Å². The monoisotopic (exact) mass is 389 g/mol. The molecule has 1 aliphatic rings. The highest BCUT2D eigenvalue weighted by molar-refractivity contribution is 14.1. The number of anilines is 1. The molecule has 1 saturated heterocycles. The highest BCUT2D eigenvalue weighted by atomic mass is 127. The number of carboxylic acid groups (broad SMARTS) is 1. The molecule has 0 aromatic heterocycles. The number of hydrogen-bond donors (Lipinski definition) is 2. The predicted molar refractivity (Wildman–Crippen MR) is 82.5 cm³/mol. The molecule has 5 nitrogen and oxygen atoms in total. The zero-order chi connectivity index (χ0) is 14.5. The molecule has 1 fully saturated rings. The van der Waals surface area contributed by atoms with Gasteiger partial charge in [0.05, 0.1) is 18.4 Å². The third-order valence-electron chi connectivity index (χ3n) is 3.26. The van der Waals surface area contributed by atoms with E-state index in [-0.39, 0.29) is 18.4 Å². The number of aliphatic carboxylic acids is 1. The highest BCUT2D eigenvalue weighted by Crippen LogP contribution is 2.24. The average molecular weight is 389 g/mol. The van der Waals surface area contributed by atoms with Gasteiger partial charge in [0.2, 0.25) is 5.91 Å². The fraction of sp³-hybridized carbons (Fsp3) is 0.429. The van der Waals surface area contributed by atoms with E-state index in [9.17, 15) is 9.59 Å². The van der Waals surface area contributed by atoms with Crippen LogP contribution in [-0.4, -0.2) is 29.7 Å². The van der Waals surface area contributed by atoms with Crippen molar-refractivity contribution >= 4 is 40.2 Å². The van der Waals surface area contributed by atoms with Gasteiger partial charge in [-0.25, -0.2) is 0 Å². The summed E-state index contributed by atoms with van der Waals surface area (Å²) in [6.07, 6.45) is 1.10. The van der Waals surface area contributed by atoms with Gasteiger partial charge in [-0.3, -0.25) is 9.59 Å². The summed E-state index contributed by atoms with van der Waals surface area (Å²) in [4.78, 5) is 23.2. The second-order valence-electron chi connectivity index (χ2n) is 4.75. The Morgan fingerprint density at radius 3 is 2.65 bits per heavy atom. The summed E-state index contributed by atoms with van der Waals surface area (Å²) in [6.45, 7) is 0.595. The molecule has 1 heterocycles. The van der Waals surface area contributed by atoms with Gasteiger partial charge >= 0.3 is 5.97 Å².